The number of amides is 2. The minimum atomic E-state index is -0.694. The highest BCUT2D eigenvalue weighted by Gasteiger charge is 2.14. The summed E-state index contributed by atoms with van der Waals surface area (Å²) in [6, 6.07) is 13.4. The average Bonchev–Trinajstić information content (AvgIpc) is 2.47. The summed E-state index contributed by atoms with van der Waals surface area (Å²) in [6.07, 6.45) is 0. The summed E-state index contributed by atoms with van der Waals surface area (Å²) < 4.78 is 0.704. The van der Waals surface area contributed by atoms with Crippen LogP contribution in [-0.2, 0) is 0 Å². The first-order chi connectivity index (χ1) is 9.61. The van der Waals surface area contributed by atoms with Crippen molar-refractivity contribution in [2.75, 3.05) is 5.32 Å². The van der Waals surface area contributed by atoms with Gasteiger partial charge in [-0.2, -0.15) is 0 Å². The number of rotatable bonds is 3. The highest BCUT2D eigenvalue weighted by Crippen LogP contribution is 2.22. The molecule has 5 nitrogen and oxygen atoms in total. The topological polar surface area (TPSA) is 78.4 Å². The van der Waals surface area contributed by atoms with E-state index in [0.717, 1.165) is 0 Å². The molecule has 102 valence electrons. The van der Waals surface area contributed by atoms with Crippen LogP contribution >= 0.6 is 15.9 Å². The average molecular weight is 335 g/mol. The van der Waals surface area contributed by atoms with Gasteiger partial charge in [0.1, 0.15) is 0 Å². The minimum Gasteiger partial charge on any atom is -0.321 e. The number of hydrogen-bond donors (Lipinski definition) is 3. The summed E-state index contributed by atoms with van der Waals surface area (Å²) >= 11 is 3.27. The van der Waals surface area contributed by atoms with Gasteiger partial charge in [-0.15, -0.1) is 0 Å². The molecule has 20 heavy (non-hydrogen) atoms. The van der Waals surface area contributed by atoms with Crippen LogP contribution in [0.15, 0.2) is 53.0 Å². The van der Waals surface area contributed by atoms with E-state index in [1.165, 1.54) is 6.07 Å². The van der Waals surface area contributed by atoms with E-state index in [1.807, 2.05) is 0 Å². The molecule has 0 aromatic heterocycles. The first-order valence-corrected chi connectivity index (χ1v) is 6.51. The lowest BCUT2D eigenvalue weighted by molar-refractivity contribution is 0.0707. The summed E-state index contributed by atoms with van der Waals surface area (Å²) in [7, 11) is 0. The lowest BCUT2D eigenvalue weighted by Crippen LogP contribution is -2.22. The molecule has 0 unspecified atom stereocenters. The van der Waals surface area contributed by atoms with Crippen molar-refractivity contribution >= 4 is 33.4 Å². The molecule has 2 rings (SSSR count). The van der Waals surface area contributed by atoms with Crippen LogP contribution in [0.3, 0.4) is 0 Å². The molecule has 0 spiro atoms. The van der Waals surface area contributed by atoms with E-state index in [2.05, 4.69) is 21.2 Å². The fourth-order valence-electron chi connectivity index (χ4n) is 1.66. The predicted octanol–water partition coefficient (Wildman–Crippen LogP) is 2.82. The van der Waals surface area contributed by atoms with E-state index in [-0.39, 0.29) is 11.5 Å². The minimum absolute atomic E-state index is 0.167. The van der Waals surface area contributed by atoms with Crippen LogP contribution in [0.25, 0.3) is 0 Å². The van der Waals surface area contributed by atoms with Gasteiger partial charge >= 0.3 is 0 Å². The van der Waals surface area contributed by atoms with E-state index in [9.17, 15) is 9.59 Å². The summed E-state index contributed by atoms with van der Waals surface area (Å²) in [6.45, 7) is 0. The number of hydroxylamine groups is 1. The van der Waals surface area contributed by atoms with Crippen LogP contribution in [-0.4, -0.2) is 17.0 Å². The number of halogens is 1. The molecule has 0 bridgehead atoms. The molecule has 2 amide bonds. The number of nitrogens with one attached hydrogen (secondary N) is 2. The van der Waals surface area contributed by atoms with Crippen LogP contribution in [0, 0.1) is 0 Å². The highest BCUT2D eigenvalue weighted by molar-refractivity contribution is 9.10. The maximum Gasteiger partial charge on any atom is 0.276 e. The SMILES string of the molecule is O=C(Nc1cc(Br)ccc1C(=O)NO)c1ccccc1. The third-order valence-electron chi connectivity index (χ3n) is 2.61. The molecule has 0 radical (unpaired) electrons. The molecule has 0 saturated carbocycles. The van der Waals surface area contributed by atoms with Crippen LogP contribution in [0.5, 0.6) is 0 Å². The molecule has 0 aliphatic rings. The number of hydrogen-bond acceptors (Lipinski definition) is 3. The fourth-order valence-corrected chi connectivity index (χ4v) is 2.02. The number of carbonyl (C=O) groups excluding carboxylic acids is 2. The Hall–Kier alpha value is -2.18. The van der Waals surface area contributed by atoms with Crippen molar-refractivity contribution in [2.24, 2.45) is 0 Å². The van der Waals surface area contributed by atoms with Gasteiger partial charge in [-0.25, -0.2) is 5.48 Å². The molecule has 6 heteroatoms. The second kappa shape index (κ2) is 6.31. The predicted molar refractivity (Wildman–Crippen MR) is 77.8 cm³/mol. The Morgan fingerprint density at radius 1 is 1.00 bits per heavy atom. The highest BCUT2D eigenvalue weighted by atomic mass is 79.9. The number of anilines is 1. The van der Waals surface area contributed by atoms with Crippen molar-refractivity contribution < 1.29 is 14.8 Å². The van der Waals surface area contributed by atoms with E-state index in [0.29, 0.717) is 15.7 Å². The van der Waals surface area contributed by atoms with Gasteiger partial charge in [0.25, 0.3) is 11.8 Å². The van der Waals surface area contributed by atoms with Gasteiger partial charge in [0, 0.05) is 10.0 Å². The molecule has 3 N–H and O–H groups in total. The Balaban J connectivity index is 2.31. The Kier molecular flexibility index (Phi) is 4.49. The van der Waals surface area contributed by atoms with Crippen molar-refractivity contribution in [3.8, 4) is 0 Å². The third kappa shape index (κ3) is 3.23. The van der Waals surface area contributed by atoms with Crippen molar-refractivity contribution in [1.82, 2.24) is 5.48 Å². The van der Waals surface area contributed by atoms with E-state index >= 15 is 0 Å². The smallest absolute Gasteiger partial charge is 0.276 e. The Bertz CT molecular complexity index is 644. The number of benzene rings is 2. The first-order valence-electron chi connectivity index (χ1n) is 5.72. The Morgan fingerprint density at radius 3 is 2.35 bits per heavy atom. The zero-order valence-corrected chi connectivity index (χ0v) is 11.8. The van der Waals surface area contributed by atoms with Crippen LogP contribution in [0.1, 0.15) is 20.7 Å². The van der Waals surface area contributed by atoms with Gasteiger partial charge in [0.15, 0.2) is 0 Å². The van der Waals surface area contributed by atoms with Gasteiger partial charge in [-0.3, -0.25) is 14.8 Å². The summed E-state index contributed by atoms with van der Waals surface area (Å²) in [5.41, 5.74) is 2.50. The molecule has 0 fully saturated rings. The lowest BCUT2D eigenvalue weighted by atomic mass is 10.1. The second-order valence-electron chi connectivity index (χ2n) is 3.95. The molecule has 0 saturated heterocycles. The van der Waals surface area contributed by atoms with E-state index in [1.54, 1.807) is 47.9 Å². The molecule has 0 aliphatic heterocycles. The molecule has 2 aromatic rings. The first kappa shape index (κ1) is 14.2. The zero-order valence-electron chi connectivity index (χ0n) is 10.3. The van der Waals surface area contributed by atoms with Crippen LogP contribution < -0.4 is 10.8 Å². The zero-order chi connectivity index (χ0) is 14.5. The summed E-state index contributed by atoms with van der Waals surface area (Å²) in [4.78, 5) is 23.6. The van der Waals surface area contributed by atoms with Gasteiger partial charge in [0.05, 0.1) is 11.3 Å². The maximum atomic E-state index is 12.1. The van der Waals surface area contributed by atoms with E-state index < -0.39 is 5.91 Å². The summed E-state index contributed by atoms with van der Waals surface area (Å²) in [5, 5.41) is 11.4. The Morgan fingerprint density at radius 2 is 1.70 bits per heavy atom. The number of carbonyl (C=O) groups is 2. The summed E-state index contributed by atoms with van der Waals surface area (Å²) in [5.74, 6) is -1.03. The van der Waals surface area contributed by atoms with Crippen molar-refractivity contribution in [3.05, 3.63) is 64.1 Å². The van der Waals surface area contributed by atoms with Gasteiger partial charge in [0.2, 0.25) is 0 Å². The molecular weight excluding hydrogens is 324 g/mol. The molecule has 0 aliphatic carbocycles. The van der Waals surface area contributed by atoms with Crippen LogP contribution in [0.4, 0.5) is 5.69 Å². The van der Waals surface area contributed by atoms with Crippen LogP contribution in [0.2, 0.25) is 0 Å². The van der Waals surface area contributed by atoms with Gasteiger partial charge < -0.3 is 5.32 Å². The normalized spacial score (nSPS) is 9.90. The second-order valence-corrected chi connectivity index (χ2v) is 4.87. The largest absolute Gasteiger partial charge is 0.321 e. The van der Waals surface area contributed by atoms with Crippen molar-refractivity contribution in [2.45, 2.75) is 0 Å². The lowest BCUT2D eigenvalue weighted by Gasteiger charge is -2.10. The van der Waals surface area contributed by atoms with Gasteiger partial charge in [-0.1, -0.05) is 34.1 Å². The van der Waals surface area contributed by atoms with Crippen molar-refractivity contribution in [1.29, 1.82) is 0 Å². The molecule has 0 atom stereocenters. The monoisotopic (exact) mass is 334 g/mol. The van der Waals surface area contributed by atoms with Crippen molar-refractivity contribution in [3.63, 3.8) is 0 Å². The molecule has 2 aromatic carbocycles. The van der Waals surface area contributed by atoms with Gasteiger partial charge in [-0.05, 0) is 30.3 Å². The quantitative estimate of drug-likeness (QED) is 0.596. The fraction of sp³-hybridized carbons (Fsp3) is 0. The Labute approximate surface area is 123 Å². The molecular formula is C14H11BrN2O3. The van der Waals surface area contributed by atoms with E-state index in [4.69, 9.17) is 5.21 Å². The maximum absolute atomic E-state index is 12.1. The third-order valence-corrected chi connectivity index (χ3v) is 3.11. The molecule has 0 heterocycles. The standard InChI is InChI=1S/C14H11BrN2O3/c15-10-6-7-11(14(19)17-20)12(8-10)16-13(18)9-4-2-1-3-5-9/h1-8,20H,(H,16,18)(H,17,19).